The van der Waals surface area contributed by atoms with Crippen LogP contribution < -0.4 is 0 Å². The molecule has 0 aliphatic heterocycles. The first kappa shape index (κ1) is 24.6. The molecule has 0 N–H and O–H groups in total. The lowest BCUT2D eigenvalue weighted by molar-refractivity contribution is 1.31. The molecule has 3 heteroatoms. The minimum Gasteiger partial charge on any atom is -0.292 e. The van der Waals surface area contributed by atoms with E-state index < -0.39 is 0 Å². The fourth-order valence-corrected chi connectivity index (χ4v) is 5.55. The van der Waals surface area contributed by atoms with Crippen molar-refractivity contribution in [3.63, 3.8) is 0 Å². The van der Waals surface area contributed by atoms with Crippen LogP contribution in [0.1, 0.15) is 33.3 Å². The summed E-state index contributed by atoms with van der Waals surface area (Å²) < 4.78 is 2.30. The molecule has 0 aliphatic carbocycles. The number of benzene rings is 4. The Morgan fingerprint density at radius 2 is 1.54 bits per heavy atom. The second-order valence-electron chi connectivity index (χ2n) is 9.38. The predicted molar refractivity (Wildman–Crippen MR) is 168 cm³/mol. The number of aromatic nitrogens is 3. The first-order valence-electron chi connectivity index (χ1n) is 13.7. The third kappa shape index (κ3) is 3.98. The molecule has 3 heterocycles. The van der Waals surface area contributed by atoms with Gasteiger partial charge in [0.2, 0.25) is 0 Å². The Bertz CT molecular complexity index is 2040. The Morgan fingerprint density at radius 3 is 2.33 bits per heavy atom. The molecule has 0 bridgehead atoms. The van der Waals surface area contributed by atoms with E-state index in [1.807, 2.05) is 32.2 Å². The van der Waals surface area contributed by atoms with Crippen LogP contribution in [0.3, 0.4) is 0 Å². The molecule has 0 amide bonds. The van der Waals surface area contributed by atoms with Gasteiger partial charge in [0.1, 0.15) is 5.65 Å². The number of hydrogen-bond donors (Lipinski definition) is 0. The molecule has 4 aromatic carbocycles. The van der Waals surface area contributed by atoms with Crippen molar-refractivity contribution < 1.29 is 0 Å². The number of pyridine rings is 2. The average Bonchev–Trinajstić information content (AvgIpc) is 3.40. The summed E-state index contributed by atoms with van der Waals surface area (Å²) in [5.41, 5.74) is 10.0. The molecular formula is C36H31N3. The molecule has 39 heavy (non-hydrogen) atoms. The Labute approximate surface area is 228 Å². The van der Waals surface area contributed by atoms with Crippen LogP contribution in [0.2, 0.25) is 0 Å². The Hall–Kier alpha value is -4.76. The van der Waals surface area contributed by atoms with E-state index in [0.717, 1.165) is 38.5 Å². The number of nitrogens with zero attached hydrogens (tertiary/aromatic N) is 3. The van der Waals surface area contributed by atoms with Crippen molar-refractivity contribution in [2.75, 3.05) is 0 Å². The van der Waals surface area contributed by atoms with E-state index in [1.54, 1.807) is 0 Å². The first-order valence-corrected chi connectivity index (χ1v) is 13.7. The third-order valence-electron chi connectivity index (χ3n) is 7.30. The zero-order valence-electron chi connectivity index (χ0n) is 22.8. The number of hydrogen-bond acceptors (Lipinski definition) is 2. The molecule has 7 aromatic rings. The van der Waals surface area contributed by atoms with E-state index in [-0.39, 0.29) is 0 Å². The van der Waals surface area contributed by atoms with Crippen molar-refractivity contribution in [3.05, 3.63) is 121 Å². The molecule has 0 saturated carbocycles. The van der Waals surface area contributed by atoms with Crippen LogP contribution in [0, 0.1) is 0 Å². The van der Waals surface area contributed by atoms with Crippen molar-refractivity contribution in [1.82, 2.24) is 14.4 Å². The molecule has 3 nitrogen and oxygen atoms in total. The fourth-order valence-electron chi connectivity index (χ4n) is 5.55. The van der Waals surface area contributed by atoms with Crippen LogP contribution in [0.5, 0.6) is 0 Å². The van der Waals surface area contributed by atoms with E-state index in [9.17, 15) is 0 Å². The lowest BCUT2D eigenvalue weighted by Gasteiger charge is -2.13. The Balaban J connectivity index is 0.00000135. The van der Waals surface area contributed by atoms with Gasteiger partial charge in [-0.1, -0.05) is 92.7 Å². The highest BCUT2D eigenvalue weighted by atomic mass is 15.0. The molecule has 0 aliphatic rings. The molecule has 190 valence electrons. The largest absolute Gasteiger partial charge is 0.292 e. The zero-order valence-corrected chi connectivity index (χ0v) is 22.8. The predicted octanol–water partition coefficient (Wildman–Crippen LogP) is 10.0. The number of para-hydroxylation sites is 2. The highest BCUT2D eigenvalue weighted by Crippen LogP contribution is 2.37. The highest BCUT2D eigenvalue weighted by molar-refractivity contribution is 6.22. The summed E-state index contributed by atoms with van der Waals surface area (Å²) in [6.45, 7) is 8.13. The number of rotatable bonds is 3. The van der Waals surface area contributed by atoms with Gasteiger partial charge < -0.3 is 0 Å². The van der Waals surface area contributed by atoms with Crippen molar-refractivity contribution in [3.8, 4) is 11.1 Å². The van der Waals surface area contributed by atoms with Gasteiger partial charge in [0.25, 0.3) is 0 Å². The van der Waals surface area contributed by atoms with E-state index in [0.29, 0.717) is 0 Å². The van der Waals surface area contributed by atoms with Gasteiger partial charge in [0.05, 0.1) is 27.5 Å². The molecule has 0 atom stereocenters. The van der Waals surface area contributed by atoms with E-state index >= 15 is 0 Å². The summed E-state index contributed by atoms with van der Waals surface area (Å²) in [6.07, 6.45) is 8.25. The number of fused-ring (bicyclic) bond motifs is 10. The fraction of sp³-hybridized carbons (Fsp3) is 0.111. The van der Waals surface area contributed by atoms with Gasteiger partial charge in [-0.25, -0.2) is 4.98 Å². The van der Waals surface area contributed by atoms with Gasteiger partial charge in [-0.15, -0.1) is 0 Å². The monoisotopic (exact) mass is 505 g/mol. The van der Waals surface area contributed by atoms with Gasteiger partial charge in [0.15, 0.2) is 0 Å². The summed E-state index contributed by atoms with van der Waals surface area (Å²) >= 11 is 0. The van der Waals surface area contributed by atoms with Gasteiger partial charge in [0, 0.05) is 17.0 Å². The standard InChI is InChI=1S/C34H25N3.C2H6/c1-3-8-22(4-2)23-12-14-24(15-13-23)26-17-19-30-28(21-26)27-18-16-25-9-7-20-35-33(25)32(27)34-36-29-10-5-6-11-31(29)37(30)34;1-2/h3-21H,1-2H3;1-2H3/b8-3-,22-4+;. The Kier molecular flexibility index (Phi) is 6.42. The van der Waals surface area contributed by atoms with Crippen molar-refractivity contribution in [1.29, 1.82) is 0 Å². The van der Waals surface area contributed by atoms with Crippen LogP contribution in [0.25, 0.3) is 66.0 Å². The maximum absolute atomic E-state index is 5.09. The van der Waals surface area contributed by atoms with E-state index in [4.69, 9.17) is 9.97 Å². The van der Waals surface area contributed by atoms with Crippen molar-refractivity contribution in [2.45, 2.75) is 27.7 Å². The maximum Gasteiger partial charge on any atom is 0.148 e. The zero-order chi connectivity index (χ0) is 26.9. The number of imidazole rings is 1. The minimum atomic E-state index is 0.952. The molecule has 0 saturated heterocycles. The molecule has 3 aromatic heterocycles. The molecule has 0 fully saturated rings. The summed E-state index contributed by atoms with van der Waals surface area (Å²) in [4.78, 5) is 9.89. The van der Waals surface area contributed by atoms with Crippen LogP contribution in [0.4, 0.5) is 0 Å². The quantitative estimate of drug-likeness (QED) is 0.177. The molecule has 0 radical (unpaired) electrons. The maximum atomic E-state index is 5.09. The summed E-state index contributed by atoms with van der Waals surface area (Å²) in [7, 11) is 0. The SMILES string of the molecule is C/C=C\C(=C/C)c1ccc(-c2ccc3c(c2)c2ccc4cccnc4c2c2nc4ccccc4n32)cc1.CC. The molecular weight excluding hydrogens is 474 g/mol. The second kappa shape index (κ2) is 10.2. The van der Waals surface area contributed by atoms with E-state index in [2.05, 4.69) is 115 Å². The molecule has 0 spiro atoms. The van der Waals surface area contributed by atoms with Gasteiger partial charge >= 0.3 is 0 Å². The van der Waals surface area contributed by atoms with Gasteiger partial charge in [-0.2, -0.15) is 0 Å². The van der Waals surface area contributed by atoms with Gasteiger partial charge in [-0.05, 0) is 71.8 Å². The normalized spacial score (nSPS) is 12.2. The van der Waals surface area contributed by atoms with Crippen LogP contribution in [0.15, 0.2) is 115 Å². The van der Waals surface area contributed by atoms with Crippen LogP contribution in [-0.2, 0) is 0 Å². The van der Waals surface area contributed by atoms with Crippen molar-refractivity contribution >= 4 is 54.8 Å². The minimum absolute atomic E-state index is 0.952. The lowest BCUT2D eigenvalue weighted by Crippen LogP contribution is -1.94. The van der Waals surface area contributed by atoms with E-state index in [1.165, 1.54) is 33.0 Å². The molecule has 7 rings (SSSR count). The molecule has 0 unspecified atom stereocenters. The number of allylic oxidation sites excluding steroid dienone is 4. The smallest absolute Gasteiger partial charge is 0.148 e. The Morgan fingerprint density at radius 1 is 0.744 bits per heavy atom. The van der Waals surface area contributed by atoms with Crippen molar-refractivity contribution in [2.24, 2.45) is 0 Å². The first-order chi connectivity index (χ1) is 19.3. The van der Waals surface area contributed by atoms with Crippen LogP contribution in [-0.4, -0.2) is 14.4 Å². The summed E-state index contributed by atoms with van der Waals surface area (Å²) in [5, 5.41) is 4.59. The lowest BCUT2D eigenvalue weighted by atomic mass is 9.96. The van der Waals surface area contributed by atoms with Crippen LogP contribution >= 0.6 is 0 Å². The second-order valence-corrected chi connectivity index (χ2v) is 9.38. The average molecular weight is 506 g/mol. The topological polar surface area (TPSA) is 30.2 Å². The summed E-state index contributed by atoms with van der Waals surface area (Å²) in [6, 6.07) is 32.5. The highest BCUT2D eigenvalue weighted by Gasteiger charge is 2.17. The third-order valence-corrected chi connectivity index (χ3v) is 7.30. The van der Waals surface area contributed by atoms with Gasteiger partial charge in [-0.3, -0.25) is 9.38 Å². The summed E-state index contributed by atoms with van der Waals surface area (Å²) in [5.74, 6) is 0.